The SMILES string of the molecule is C[C@@H]1CN(C[C@@H]2CCCN2C(=O)c2cccc(F)c2)C[C@H](C)O1. The standard InChI is InChI=1S/C18H25FN2O2/c1-13-10-20(11-14(2)23-13)12-17-7-4-8-21(17)18(22)15-5-3-6-16(19)9-15/h3,5-6,9,13-14,17H,4,7-8,10-12H2,1-2H3/t13-,14+,17-/m0/s1. The first-order valence-electron chi connectivity index (χ1n) is 8.47. The van der Waals surface area contributed by atoms with E-state index in [0.717, 1.165) is 39.0 Å². The molecule has 4 nitrogen and oxygen atoms in total. The number of carbonyl (C=O) groups is 1. The number of nitrogens with zero attached hydrogens (tertiary/aromatic N) is 2. The van der Waals surface area contributed by atoms with Crippen LogP contribution in [0.1, 0.15) is 37.0 Å². The number of hydrogen-bond donors (Lipinski definition) is 0. The molecule has 1 aromatic carbocycles. The Morgan fingerprint density at radius 3 is 2.74 bits per heavy atom. The molecule has 3 atom stereocenters. The molecule has 3 rings (SSSR count). The van der Waals surface area contributed by atoms with E-state index < -0.39 is 0 Å². The lowest BCUT2D eigenvalue weighted by Gasteiger charge is -2.38. The molecule has 0 bridgehead atoms. The van der Waals surface area contributed by atoms with Crippen molar-refractivity contribution in [2.75, 3.05) is 26.2 Å². The molecular formula is C18H25FN2O2. The maximum atomic E-state index is 13.4. The highest BCUT2D eigenvalue weighted by Crippen LogP contribution is 2.23. The normalized spacial score (nSPS) is 29.0. The molecule has 1 amide bonds. The lowest BCUT2D eigenvalue weighted by Crippen LogP contribution is -2.50. The van der Waals surface area contributed by atoms with Crippen molar-refractivity contribution in [3.8, 4) is 0 Å². The van der Waals surface area contributed by atoms with E-state index in [1.807, 2.05) is 4.90 Å². The highest BCUT2D eigenvalue weighted by atomic mass is 19.1. The number of rotatable bonds is 3. The van der Waals surface area contributed by atoms with Crippen LogP contribution in [-0.4, -0.2) is 60.1 Å². The molecule has 0 aliphatic carbocycles. The van der Waals surface area contributed by atoms with Crippen LogP contribution < -0.4 is 0 Å². The maximum absolute atomic E-state index is 13.4. The topological polar surface area (TPSA) is 32.8 Å². The van der Waals surface area contributed by atoms with Gasteiger partial charge in [-0.1, -0.05) is 6.07 Å². The minimum Gasteiger partial charge on any atom is -0.373 e. The van der Waals surface area contributed by atoms with Gasteiger partial charge in [0.2, 0.25) is 0 Å². The van der Waals surface area contributed by atoms with Crippen molar-refractivity contribution in [3.63, 3.8) is 0 Å². The van der Waals surface area contributed by atoms with Crippen molar-refractivity contribution in [1.29, 1.82) is 0 Å². The predicted molar refractivity (Wildman–Crippen MR) is 86.9 cm³/mol. The van der Waals surface area contributed by atoms with Crippen LogP contribution in [0.3, 0.4) is 0 Å². The summed E-state index contributed by atoms with van der Waals surface area (Å²) in [5.74, 6) is -0.413. The molecule has 0 radical (unpaired) electrons. The molecule has 1 aromatic rings. The summed E-state index contributed by atoms with van der Waals surface area (Å²) >= 11 is 0. The number of morpholine rings is 1. The second kappa shape index (κ2) is 6.97. The molecule has 0 spiro atoms. The molecule has 2 fully saturated rings. The van der Waals surface area contributed by atoms with E-state index in [1.54, 1.807) is 12.1 Å². The summed E-state index contributed by atoms with van der Waals surface area (Å²) in [6, 6.07) is 6.20. The average molecular weight is 320 g/mol. The third kappa shape index (κ3) is 3.90. The molecule has 2 heterocycles. The van der Waals surface area contributed by atoms with Crippen molar-refractivity contribution in [3.05, 3.63) is 35.6 Å². The summed E-state index contributed by atoms with van der Waals surface area (Å²) < 4.78 is 19.2. The third-order valence-corrected chi connectivity index (χ3v) is 4.67. The summed E-state index contributed by atoms with van der Waals surface area (Å²) in [6.45, 7) is 7.63. The Labute approximate surface area is 137 Å². The van der Waals surface area contributed by atoms with Gasteiger partial charge in [0.15, 0.2) is 0 Å². The monoisotopic (exact) mass is 320 g/mol. The van der Waals surface area contributed by atoms with Gasteiger partial charge in [0.1, 0.15) is 5.82 Å². The molecule has 0 saturated carbocycles. The van der Waals surface area contributed by atoms with Gasteiger partial charge in [0.05, 0.1) is 12.2 Å². The van der Waals surface area contributed by atoms with Gasteiger partial charge < -0.3 is 9.64 Å². The summed E-state index contributed by atoms with van der Waals surface area (Å²) in [6.07, 6.45) is 2.49. The fourth-order valence-corrected chi connectivity index (χ4v) is 3.81. The predicted octanol–water partition coefficient (Wildman–Crippen LogP) is 2.54. The largest absolute Gasteiger partial charge is 0.373 e. The first kappa shape index (κ1) is 16.4. The van der Waals surface area contributed by atoms with Gasteiger partial charge in [0, 0.05) is 37.8 Å². The number of benzene rings is 1. The van der Waals surface area contributed by atoms with Crippen molar-refractivity contribution >= 4 is 5.91 Å². The molecule has 0 unspecified atom stereocenters. The fourth-order valence-electron chi connectivity index (χ4n) is 3.81. The zero-order chi connectivity index (χ0) is 16.4. The van der Waals surface area contributed by atoms with Crippen LogP contribution >= 0.6 is 0 Å². The molecule has 2 saturated heterocycles. The molecule has 2 aliphatic rings. The van der Waals surface area contributed by atoms with Gasteiger partial charge in [-0.05, 0) is 44.9 Å². The second-order valence-corrected chi connectivity index (χ2v) is 6.78. The van der Waals surface area contributed by atoms with Gasteiger partial charge in [-0.3, -0.25) is 9.69 Å². The van der Waals surface area contributed by atoms with Gasteiger partial charge in [0.25, 0.3) is 5.91 Å². The number of halogens is 1. The van der Waals surface area contributed by atoms with E-state index in [4.69, 9.17) is 4.74 Å². The first-order chi connectivity index (χ1) is 11.0. The van der Waals surface area contributed by atoms with Gasteiger partial charge in [-0.25, -0.2) is 4.39 Å². The Bertz CT molecular complexity index is 556. The zero-order valence-electron chi connectivity index (χ0n) is 13.9. The van der Waals surface area contributed by atoms with E-state index in [1.165, 1.54) is 12.1 Å². The van der Waals surface area contributed by atoms with Crippen molar-refractivity contribution in [2.45, 2.75) is 44.9 Å². The zero-order valence-corrected chi connectivity index (χ0v) is 13.9. The number of carbonyl (C=O) groups excluding carboxylic acids is 1. The van der Waals surface area contributed by atoms with Crippen LogP contribution in [0.25, 0.3) is 0 Å². The van der Waals surface area contributed by atoms with E-state index in [2.05, 4.69) is 18.7 Å². The molecular weight excluding hydrogens is 295 g/mol. The summed E-state index contributed by atoms with van der Waals surface area (Å²) in [5, 5.41) is 0. The van der Waals surface area contributed by atoms with Crippen molar-refractivity contribution in [2.24, 2.45) is 0 Å². The Hall–Kier alpha value is -1.46. The lowest BCUT2D eigenvalue weighted by atomic mass is 10.1. The average Bonchev–Trinajstić information content (AvgIpc) is 2.93. The van der Waals surface area contributed by atoms with Crippen LogP contribution in [0.15, 0.2) is 24.3 Å². The fraction of sp³-hybridized carbons (Fsp3) is 0.611. The lowest BCUT2D eigenvalue weighted by molar-refractivity contribution is -0.0715. The highest BCUT2D eigenvalue weighted by Gasteiger charge is 2.32. The van der Waals surface area contributed by atoms with Crippen LogP contribution in [-0.2, 0) is 4.74 Å². The van der Waals surface area contributed by atoms with Gasteiger partial charge in [-0.15, -0.1) is 0 Å². The maximum Gasteiger partial charge on any atom is 0.254 e. The molecule has 126 valence electrons. The smallest absolute Gasteiger partial charge is 0.254 e. The number of hydrogen-bond acceptors (Lipinski definition) is 3. The molecule has 0 aromatic heterocycles. The Morgan fingerprint density at radius 2 is 2.04 bits per heavy atom. The minimum atomic E-state index is -0.359. The molecule has 23 heavy (non-hydrogen) atoms. The van der Waals surface area contributed by atoms with E-state index >= 15 is 0 Å². The highest BCUT2D eigenvalue weighted by molar-refractivity contribution is 5.94. The van der Waals surface area contributed by atoms with E-state index in [-0.39, 0.29) is 30.0 Å². The Kier molecular flexibility index (Phi) is 4.97. The number of likely N-dealkylation sites (tertiary alicyclic amines) is 1. The summed E-state index contributed by atoms with van der Waals surface area (Å²) in [7, 11) is 0. The summed E-state index contributed by atoms with van der Waals surface area (Å²) in [5.41, 5.74) is 0.445. The van der Waals surface area contributed by atoms with Crippen LogP contribution in [0.5, 0.6) is 0 Å². The number of ether oxygens (including phenoxy) is 1. The minimum absolute atomic E-state index is 0.0543. The van der Waals surface area contributed by atoms with E-state index in [9.17, 15) is 9.18 Å². The quantitative estimate of drug-likeness (QED) is 0.858. The number of amides is 1. The van der Waals surface area contributed by atoms with Crippen LogP contribution in [0.2, 0.25) is 0 Å². The van der Waals surface area contributed by atoms with Gasteiger partial charge >= 0.3 is 0 Å². The Balaban J connectivity index is 1.66. The second-order valence-electron chi connectivity index (χ2n) is 6.78. The van der Waals surface area contributed by atoms with Crippen LogP contribution in [0.4, 0.5) is 4.39 Å². The van der Waals surface area contributed by atoms with Crippen molar-refractivity contribution < 1.29 is 13.9 Å². The first-order valence-corrected chi connectivity index (χ1v) is 8.47. The Morgan fingerprint density at radius 1 is 1.30 bits per heavy atom. The van der Waals surface area contributed by atoms with Crippen LogP contribution in [0, 0.1) is 5.82 Å². The molecule has 2 aliphatic heterocycles. The molecule has 0 N–H and O–H groups in total. The summed E-state index contributed by atoms with van der Waals surface area (Å²) in [4.78, 5) is 17.0. The molecule has 5 heteroatoms. The van der Waals surface area contributed by atoms with E-state index in [0.29, 0.717) is 5.56 Å². The van der Waals surface area contributed by atoms with Gasteiger partial charge in [-0.2, -0.15) is 0 Å². The third-order valence-electron chi connectivity index (χ3n) is 4.67. The van der Waals surface area contributed by atoms with Crippen molar-refractivity contribution in [1.82, 2.24) is 9.80 Å².